The molecule has 1 N–H and O–H groups in total. The van der Waals surface area contributed by atoms with E-state index in [0.717, 1.165) is 0 Å². The molecule has 1 saturated heterocycles. The number of halogens is 2. The van der Waals surface area contributed by atoms with Crippen molar-refractivity contribution in [3.8, 4) is 0 Å². The number of rotatable bonds is 3. The summed E-state index contributed by atoms with van der Waals surface area (Å²) in [6.45, 7) is 4.18. The molecular weight excluding hydrogens is 289 g/mol. The lowest BCUT2D eigenvalue weighted by molar-refractivity contribution is -0.135. The Bertz CT molecular complexity index is 464. The molecule has 0 aromatic carbocycles. The monoisotopic (exact) mass is 303 g/mol. The van der Waals surface area contributed by atoms with Gasteiger partial charge in [-0.25, -0.2) is 4.98 Å². The molecule has 1 unspecified atom stereocenters. The second kappa shape index (κ2) is 6.41. The standard InChI is InChI=1S/C12H15Cl2N3O2/c1-8(12(18)17-2-4-19-5-3-17)16-11-10(14)6-9(13)7-15-11/h6-8H,2-5H2,1H3,(H,15,16). The number of aromatic nitrogens is 1. The van der Waals surface area contributed by atoms with Crippen LogP contribution in [0.25, 0.3) is 0 Å². The number of nitrogens with one attached hydrogen (secondary N) is 1. The van der Waals surface area contributed by atoms with E-state index in [2.05, 4.69) is 10.3 Å². The molecule has 19 heavy (non-hydrogen) atoms. The highest BCUT2D eigenvalue weighted by Gasteiger charge is 2.23. The molecule has 1 aromatic rings. The lowest BCUT2D eigenvalue weighted by Gasteiger charge is -2.29. The molecule has 1 aromatic heterocycles. The molecule has 1 fully saturated rings. The zero-order valence-electron chi connectivity index (χ0n) is 10.5. The first-order valence-electron chi connectivity index (χ1n) is 6.02. The molecule has 0 radical (unpaired) electrons. The maximum atomic E-state index is 12.2. The number of morpholine rings is 1. The summed E-state index contributed by atoms with van der Waals surface area (Å²) in [6, 6.07) is 1.19. The molecular formula is C12H15Cl2N3O2. The van der Waals surface area contributed by atoms with Gasteiger partial charge in [-0.1, -0.05) is 23.2 Å². The van der Waals surface area contributed by atoms with Crippen LogP contribution in [0.3, 0.4) is 0 Å². The highest BCUT2D eigenvalue weighted by atomic mass is 35.5. The van der Waals surface area contributed by atoms with Crippen LogP contribution in [0.2, 0.25) is 10.0 Å². The van der Waals surface area contributed by atoms with Crippen molar-refractivity contribution in [2.45, 2.75) is 13.0 Å². The first kappa shape index (κ1) is 14.4. The van der Waals surface area contributed by atoms with Crippen LogP contribution in [-0.4, -0.2) is 48.1 Å². The molecule has 7 heteroatoms. The summed E-state index contributed by atoms with van der Waals surface area (Å²) >= 11 is 11.8. The summed E-state index contributed by atoms with van der Waals surface area (Å²) in [4.78, 5) is 18.0. The van der Waals surface area contributed by atoms with Crippen molar-refractivity contribution < 1.29 is 9.53 Å². The third-order valence-electron chi connectivity index (χ3n) is 2.85. The normalized spacial score (nSPS) is 17.1. The molecule has 2 rings (SSSR count). The second-order valence-electron chi connectivity index (χ2n) is 4.29. The highest BCUT2D eigenvalue weighted by molar-refractivity contribution is 6.36. The Labute approximate surface area is 121 Å². The fourth-order valence-corrected chi connectivity index (χ4v) is 2.28. The summed E-state index contributed by atoms with van der Waals surface area (Å²) in [5.41, 5.74) is 0. The van der Waals surface area contributed by atoms with Crippen molar-refractivity contribution in [1.29, 1.82) is 0 Å². The van der Waals surface area contributed by atoms with Gasteiger partial charge in [0.1, 0.15) is 11.9 Å². The maximum absolute atomic E-state index is 12.2. The Morgan fingerprint density at radius 3 is 2.79 bits per heavy atom. The van der Waals surface area contributed by atoms with Gasteiger partial charge < -0.3 is 15.0 Å². The molecule has 0 saturated carbocycles. The van der Waals surface area contributed by atoms with Crippen LogP contribution in [0.1, 0.15) is 6.92 Å². The van der Waals surface area contributed by atoms with Crippen molar-refractivity contribution in [3.05, 3.63) is 22.3 Å². The number of amides is 1. The Balaban J connectivity index is 1.99. The molecule has 1 aliphatic rings. The second-order valence-corrected chi connectivity index (χ2v) is 5.13. The Hall–Kier alpha value is -1.04. The number of carbonyl (C=O) groups excluding carboxylic acids is 1. The zero-order chi connectivity index (χ0) is 13.8. The smallest absolute Gasteiger partial charge is 0.244 e. The van der Waals surface area contributed by atoms with E-state index in [4.69, 9.17) is 27.9 Å². The lowest BCUT2D eigenvalue weighted by atomic mass is 10.2. The van der Waals surface area contributed by atoms with Crippen LogP contribution in [0, 0.1) is 0 Å². The lowest BCUT2D eigenvalue weighted by Crippen LogP contribution is -2.47. The van der Waals surface area contributed by atoms with Gasteiger partial charge in [-0.3, -0.25) is 4.79 Å². The van der Waals surface area contributed by atoms with E-state index in [1.807, 2.05) is 0 Å². The van der Waals surface area contributed by atoms with Crippen molar-refractivity contribution in [3.63, 3.8) is 0 Å². The van der Waals surface area contributed by atoms with Gasteiger partial charge in [0.2, 0.25) is 5.91 Å². The molecule has 1 atom stereocenters. The van der Waals surface area contributed by atoms with E-state index >= 15 is 0 Å². The van der Waals surface area contributed by atoms with Crippen molar-refractivity contribution in [2.24, 2.45) is 0 Å². The van der Waals surface area contributed by atoms with Crippen LogP contribution in [0.15, 0.2) is 12.3 Å². The van der Waals surface area contributed by atoms with Crippen LogP contribution < -0.4 is 5.32 Å². The van der Waals surface area contributed by atoms with Crippen molar-refractivity contribution >= 4 is 34.9 Å². The first-order chi connectivity index (χ1) is 9.08. The predicted molar refractivity (Wildman–Crippen MR) is 74.7 cm³/mol. The minimum absolute atomic E-state index is 0.0103. The van der Waals surface area contributed by atoms with E-state index in [0.29, 0.717) is 42.2 Å². The third kappa shape index (κ3) is 3.72. The average molecular weight is 304 g/mol. The summed E-state index contributed by atoms with van der Waals surface area (Å²) in [7, 11) is 0. The van der Waals surface area contributed by atoms with Gasteiger partial charge in [-0.05, 0) is 13.0 Å². The van der Waals surface area contributed by atoms with Gasteiger partial charge in [0.05, 0.1) is 23.3 Å². The van der Waals surface area contributed by atoms with Crippen LogP contribution in [0.5, 0.6) is 0 Å². The predicted octanol–water partition coefficient (Wildman–Crippen LogP) is 2.05. The third-order valence-corrected chi connectivity index (χ3v) is 3.35. The van der Waals surface area contributed by atoms with E-state index < -0.39 is 6.04 Å². The number of carbonyl (C=O) groups is 1. The Morgan fingerprint density at radius 1 is 1.47 bits per heavy atom. The zero-order valence-corrected chi connectivity index (χ0v) is 12.0. The van der Waals surface area contributed by atoms with Crippen molar-refractivity contribution in [2.75, 3.05) is 31.6 Å². The van der Waals surface area contributed by atoms with Gasteiger partial charge in [0, 0.05) is 19.3 Å². The fraction of sp³-hybridized carbons (Fsp3) is 0.500. The van der Waals surface area contributed by atoms with Gasteiger partial charge in [0.15, 0.2) is 0 Å². The topological polar surface area (TPSA) is 54.5 Å². The van der Waals surface area contributed by atoms with Crippen molar-refractivity contribution in [1.82, 2.24) is 9.88 Å². The van der Waals surface area contributed by atoms with Gasteiger partial charge in [-0.2, -0.15) is 0 Å². The average Bonchev–Trinajstić information content (AvgIpc) is 2.42. The fourth-order valence-electron chi connectivity index (χ4n) is 1.85. The Kier molecular flexibility index (Phi) is 4.85. The summed E-state index contributed by atoms with van der Waals surface area (Å²) < 4.78 is 5.22. The van der Waals surface area contributed by atoms with Crippen LogP contribution >= 0.6 is 23.2 Å². The SMILES string of the molecule is CC(Nc1ncc(Cl)cc1Cl)C(=O)N1CCOCC1. The number of hydrogen-bond acceptors (Lipinski definition) is 4. The largest absolute Gasteiger partial charge is 0.378 e. The minimum atomic E-state index is -0.399. The van der Waals surface area contributed by atoms with Crippen LogP contribution in [0.4, 0.5) is 5.82 Å². The number of pyridine rings is 1. The number of anilines is 1. The van der Waals surface area contributed by atoms with E-state index in [1.54, 1.807) is 17.9 Å². The van der Waals surface area contributed by atoms with Gasteiger partial charge in [-0.15, -0.1) is 0 Å². The molecule has 1 amide bonds. The molecule has 2 heterocycles. The molecule has 0 bridgehead atoms. The van der Waals surface area contributed by atoms with Gasteiger partial charge in [0.25, 0.3) is 0 Å². The first-order valence-corrected chi connectivity index (χ1v) is 6.77. The summed E-state index contributed by atoms with van der Waals surface area (Å²) in [5, 5.41) is 3.86. The molecule has 0 spiro atoms. The highest BCUT2D eigenvalue weighted by Crippen LogP contribution is 2.23. The van der Waals surface area contributed by atoms with E-state index in [1.165, 1.54) is 6.20 Å². The number of hydrogen-bond donors (Lipinski definition) is 1. The molecule has 1 aliphatic heterocycles. The molecule has 0 aliphatic carbocycles. The van der Waals surface area contributed by atoms with Crippen LogP contribution in [-0.2, 0) is 9.53 Å². The van der Waals surface area contributed by atoms with E-state index in [9.17, 15) is 4.79 Å². The number of nitrogens with zero attached hydrogens (tertiary/aromatic N) is 2. The number of ether oxygens (including phenoxy) is 1. The van der Waals surface area contributed by atoms with Gasteiger partial charge >= 0.3 is 0 Å². The molecule has 104 valence electrons. The maximum Gasteiger partial charge on any atom is 0.244 e. The minimum Gasteiger partial charge on any atom is -0.378 e. The quantitative estimate of drug-likeness (QED) is 0.928. The van der Waals surface area contributed by atoms with E-state index in [-0.39, 0.29) is 5.91 Å². The molecule has 5 nitrogen and oxygen atoms in total. The summed E-state index contributed by atoms with van der Waals surface area (Å²) in [5.74, 6) is 0.469. The Morgan fingerprint density at radius 2 is 2.16 bits per heavy atom. The summed E-state index contributed by atoms with van der Waals surface area (Å²) in [6.07, 6.45) is 1.49.